The van der Waals surface area contributed by atoms with Crippen LogP contribution in [-0.4, -0.2) is 40.3 Å². The Morgan fingerprint density at radius 1 is 1.35 bits per heavy atom. The third-order valence-corrected chi connectivity index (χ3v) is 3.89. The van der Waals surface area contributed by atoms with E-state index < -0.39 is 10.0 Å². The van der Waals surface area contributed by atoms with Crippen LogP contribution in [0.15, 0.2) is 29.3 Å². The molecule has 0 radical (unpaired) electrons. The largest absolute Gasteiger partial charge is 0.357 e. The van der Waals surface area contributed by atoms with E-state index in [1.165, 1.54) is 0 Å². The minimum Gasteiger partial charge on any atom is -0.357 e. The number of rotatable bonds is 7. The third-order valence-electron chi connectivity index (χ3n) is 2.82. The lowest BCUT2D eigenvalue weighted by Crippen LogP contribution is -2.39. The minimum atomic E-state index is -3.18. The lowest BCUT2D eigenvalue weighted by molar-refractivity contribution is 0.588. The van der Waals surface area contributed by atoms with Crippen molar-refractivity contribution < 1.29 is 8.42 Å². The van der Waals surface area contributed by atoms with Crippen LogP contribution >= 0.6 is 35.6 Å². The van der Waals surface area contributed by atoms with Gasteiger partial charge in [0.1, 0.15) is 0 Å². The summed E-state index contributed by atoms with van der Waals surface area (Å²) in [7, 11) is -3.18. The highest BCUT2D eigenvalue weighted by molar-refractivity contribution is 14.0. The molecule has 0 saturated heterocycles. The number of hydrogen-bond acceptors (Lipinski definition) is 3. The number of benzene rings is 1. The van der Waals surface area contributed by atoms with Crippen LogP contribution < -0.4 is 15.4 Å². The van der Waals surface area contributed by atoms with Crippen LogP contribution in [0.4, 0.5) is 0 Å². The Balaban J connectivity index is 0.00000484. The van der Waals surface area contributed by atoms with Crippen molar-refractivity contribution in [3.63, 3.8) is 0 Å². The van der Waals surface area contributed by atoms with Crippen LogP contribution in [0, 0.1) is 0 Å². The lowest BCUT2D eigenvalue weighted by atomic mass is 10.1. The highest BCUT2D eigenvalue weighted by Crippen LogP contribution is 2.21. The first-order valence-electron chi connectivity index (χ1n) is 7.07. The second-order valence-electron chi connectivity index (χ2n) is 4.81. The van der Waals surface area contributed by atoms with E-state index in [9.17, 15) is 8.42 Å². The number of aliphatic imine (C=N–C) groups is 1. The van der Waals surface area contributed by atoms with Crippen molar-refractivity contribution in [3.8, 4) is 0 Å². The molecule has 0 saturated carbocycles. The van der Waals surface area contributed by atoms with E-state index in [1.807, 2.05) is 38.1 Å². The van der Waals surface area contributed by atoms with E-state index >= 15 is 0 Å². The monoisotopic (exact) mass is 474 g/mol. The molecule has 132 valence electrons. The molecule has 1 unspecified atom stereocenters. The average Bonchev–Trinajstić information content (AvgIpc) is 2.43. The first kappa shape index (κ1) is 22.4. The molecule has 1 aromatic carbocycles. The fourth-order valence-electron chi connectivity index (χ4n) is 1.83. The van der Waals surface area contributed by atoms with Gasteiger partial charge in [0, 0.05) is 18.1 Å². The van der Waals surface area contributed by atoms with Gasteiger partial charge in [0.15, 0.2) is 5.96 Å². The van der Waals surface area contributed by atoms with Gasteiger partial charge in [-0.15, -0.1) is 24.0 Å². The number of sulfonamides is 1. The molecule has 0 aliphatic heterocycles. The molecule has 9 heteroatoms. The van der Waals surface area contributed by atoms with Crippen molar-refractivity contribution in [1.82, 2.24) is 15.4 Å². The second kappa shape index (κ2) is 11.1. The van der Waals surface area contributed by atoms with Crippen molar-refractivity contribution >= 4 is 51.6 Å². The molecule has 0 aliphatic rings. The minimum absolute atomic E-state index is 0. The Morgan fingerprint density at radius 2 is 2.00 bits per heavy atom. The van der Waals surface area contributed by atoms with Crippen LogP contribution in [0.25, 0.3) is 0 Å². The SMILES string of the molecule is CCNC(=NCCNS(C)(=O)=O)NC(C)c1ccccc1Cl.I. The average molecular weight is 475 g/mol. The predicted octanol–water partition coefficient (Wildman–Crippen LogP) is 2.12. The molecule has 0 heterocycles. The van der Waals surface area contributed by atoms with Crippen LogP contribution in [0.5, 0.6) is 0 Å². The van der Waals surface area contributed by atoms with Gasteiger partial charge in [-0.2, -0.15) is 0 Å². The first-order chi connectivity index (χ1) is 10.3. The summed E-state index contributed by atoms with van der Waals surface area (Å²) in [5.41, 5.74) is 0.976. The molecule has 6 nitrogen and oxygen atoms in total. The number of nitrogens with zero attached hydrogens (tertiary/aromatic N) is 1. The summed E-state index contributed by atoms with van der Waals surface area (Å²) in [4.78, 5) is 4.34. The van der Waals surface area contributed by atoms with Gasteiger partial charge in [-0.1, -0.05) is 29.8 Å². The Bertz CT molecular complexity index is 611. The van der Waals surface area contributed by atoms with Gasteiger partial charge in [-0.3, -0.25) is 4.99 Å². The van der Waals surface area contributed by atoms with Crippen molar-refractivity contribution in [2.45, 2.75) is 19.9 Å². The fourth-order valence-corrected chi connectivity index (χ4v) is 2.59. The van der Waals surface area contributed by atoms with E-state index in [2.05, 4.69) is 20.3 Å². The number of halogens is 2. The topological polar surface area (TPSA) is 82.6 Å². The molecule has 23 heavy (non-hydrogen) atoms. The van der Waals surface area contributed by atoms with Crippen LogP contribution in [0.1, 0.15) is 25.5 Å². The Labute approximate surface area is 160 Å². The molecule has 0 aliphatic carbocycles. The molecule has 1 atom stereocenters. The second-order valence-corrected chi connectivity index (χ2v) is 7.05. The summed E-state index contributed by atoms with van der Waals surface area (Å²) in [5.74, 6) is 0.616. The summed E-state index contributed by atoms with van der Waals surface area (Å²) < 4.78 is 24.4. The maximum absolute atomic E-state index is 11.0. The summed E-state index contributed by atoms with van der Waals surface area (Å²) in [6.45, 7) is 5.27. The Hall–Kier alpha value is -0.580. The quantitative estimate of drug-likeness (QED) is 0.245. The zero-order valence-electron chi connectivity index (χ0n) is 13.5. The molecule has 0 bridgehead atoms. The van der Waals surface area contributed by atoms with Crippen LogP contribution in [-0.2, 0) is 10.0 Å². The van der Waals surface area contributed by atoms with Crippen molar-refractivity contribution in [1.29, 1.82) is 0 Å². The predicted molar refractivity (Wildman–Crippen MR) is 107 cm³/mol. The smallest absolute Gasteiger partial charge is 0.208 e. The standard InChI is InChI=1S/C14H23ClN4O2S.HI/c1-4-16-14(17-9-10-18-22(3,20)21)19-11(2)12-7-5-6-8-13(12)15;/h5-8,11,18H,4,9-10H2,1-3H3,(H2,16,17,19);1H. The lowest BCUT2D eigenvalue weighted by Gasteiger charge is -2.19. The number of guanidine groups is 1. The molecule has 1 rings (SSSR count). The van der Waals surface area contributed by atoms with E-state index in [-0.39, 0.29) is 36.6 Å². The zero-order valence-corrected chi connectivity index (χ0v) is 17.4. The molecule has 0 spiro atoms. The van der Waals surface area contributed by atoms with Crippen molar-refractivity contribution in [3.05, 3.63) is 34.9 Å². The van der Waals surface area contributed by atoms with Crippen molar-refractivity contribution in [2.75, 3.05) is 25.9 Å². The summed E-state index contributed by atoms with van der Waals surface area (Å²) in [6, 6.07) is 7.59. The molecular formula is C14H24ClIN4O2S. The summed E-state index contributed by atoms with van der Waals surface area (Å²) >= 11 is 6.18. The van der Waals surface area contributed by atoms with Gasteiger partial charge < -0.3 is 10.6 Å². The maximum atomic E-state index is 11.0. The third kappa shape index (κ3) is 9.33. The van der Waals surface area contributed by atoms with E-state index in [4.69, 9.17) is 11.6 Å². The molecule has 1 aromatic rings. The van der Waals surface area contributed by atoms with Gasteiger partial charge in [-0.25, -0.2) is 13.1 Å². The van der Waals surface area contributed by atoms with Gasteiger partial charge in [-0.05, 0) is 25.5 Å². The molecule has 3 N–H and O–H groups in total. The van der Waals surface area contributed by atoms with Gasteiger partial charge in [0.05, 0.1) is 18.8 Å². The normalized spacial score (nSPS) is 13.1. The van der Waals surface area contributed by atoms with Crippen LogP contribution in [0.2, 0.25) is 5.02 Å². The van der Waals surface area contributed by atoms with Gasteiger partial charge in [0.25, 0.3) is 0 Å². The highest BCUT2D eigenvalue weighted by Gasteiger charge is 2.10. The van der Waals surface area contributed by atoms with E-state index in [0.29, 0.717) is 24.1 Å². The number of nitrogens with one attached hydrogen (secondary N) is 3. The van der Waals surface area contributed by atoms with Crippen LogP contribution in [0.3, 0.4) is 0 Å². The molecule has 0 aromatic heterocycles. The Morgan fingerprint density at radius 3 is 2.57 bits per heavy atom. The molecule has 0 fully saturated rings. The van der Waals surface area contributed by atoms with Crippen molar-refractivity contribution in [2.24, 2.45) is 4.99 Å². The first-order valence-corrected chi connectivity index (χ1v) is 9.34. The highest BCUT2D eigenvalue weighted by atomic mass is 127. The molecular weight excluding hydrogens is 451 g/mol. The zero-order chi connectivity index (χ0) is 16.6. The number of hydrogen-bond donors (Lipinski definition) is 3. The van der Waals surface area contributed by atoms with E-state index in [1.54, 1.807) is 0 Å². The van der Waals surface area contributed by atoms with Gasteiger partial charge >= 0.3 is 0 Å². The van der Waals surface area contributed by atoms with Gasteiger partial charge in [0.2, 0.25) is 10.0 Å². The summed E-state index contributed by atoms with van der Waals surface area (Å²) in [6.07, 6.45) is 1.12. The Kier molecular flexibility index (Phi) is 10.8. The molecule has 0 amide bonds. The maximum Gasteiger partial charge on any atom is 0.208 e. The van der Waals surface area contributed by atoms with E-state index in [0.717, 1.165) is 11.8 Å². The fraction of sp³-hybridized carbons (Fsp3) is 0.500. The summed E-state index contributed by atoms with van der Waals surface area (Å²) in [5, 5.41) is 7.06.